The molecule has 0 radical (unpaired) electrons. The summed E-state index contributed by atoms with van der Waals surface area (Å²) in [5.41, 5.74) is 7.80. The fourth-order valence-electron chi connectivity index (χ4n) is 1.82. The van der Waals surface area contributed by atoms with Gasteiger partial charge < -0.3 is 11.1 Å². The number of nitrogens with zero attached hydrogens (tertiary/aromatic N) is 2. The van der Waals surface area contributed by atoms with Gasteiger partial charge in [-0.25, -0.2) is 0 Å². The normalized spacial score (nSPS) is 10.7. The van der Waals surface area contributed by atoms with Crippen LogP contribution in [-0.4, -0.2) is 26.3 Å². The van der Waals surface area contributed by atoms with E-state index in [4.69, 9.17) is 5.73 Å². The van der Waals surface area contributed by atoms with Crippen LogP contribution in [0.4, 0.5) is 5.82 Å². The first-order valence-corrected chi connectivity index (χ1v) is 5.73. The fraction of sp³-hybridized carbons (Fsp3) is 0.0833. The van der Waals surface area contributed by atoms with Crippen molar-refractivity contribution < 1.29 is 4.79 Å². The summed E-state index contributed by atoms with van der Waals surface area (Å²) in [5.74, 6) is 0.293. The number of rotatable bonds is 3. The Labute approximate surface area is 108 Å². The molecule has 0 saturated carbocycles. The molecule has 96 valence electrons. The minimum atomic E-state index is -0.169. The van der Waals surface area contributed by atoms with E-state index in [2.05, 4.69) is 25.7 Å². The van der Waals surface area contributed by atoms with Gasteiger partial charge in [0.2, 0.25) is 0 Å². The zero-order valence-corrected chi connectivity index (χ0v) is 9.97. The van der Waals surface area contributed by atoms with Crippen molar-refractivity contribution in [2.24, 2.45) is 0 Å². The van der Waals surface area contributed by atoms with Gasteiger partial charge in [-0.15, -0.1) is 0 Å². The molecular weight excluding hydrogens is 244 g/mol. The maximum absolute atomic E-state index is 12.0. The molecule has 0 spiro atoms. The van der Waals surface area contributed by atoms with Gasteiger partial charge in [0, 0.05) is 23.1 Å². The second-order valence-corrected chi connectivity index (χ2v) is 4.16. The number of benzene rings is 1. The molecule has 2 heterocycles. The summed E-state index contributed by atoms with van der Waals surface area (Å²) < 4.78 is 0. The fourth-order valence-corrected chi connectivity index (χ4v) is 1.82. The van der Waals surface area contributed by atoms with Gasteiger partial charge in [0.05, 0.1) is 17.9 Å². The third-order valence-corrected chi connectivity index (χ3v) is 2.89. The third kappa shape index (κ3) is 2.13. The van der Waals surface area contributed by atoms with Crippen molar-refractivity contribution in [3.8, 4) is 0 Å². The first kappa shape index (κ1) is 11.3. The van der Waals surface area contributed by atoms with Crippen LogP contribution in [0.3, 0.4) is 0 Å². The van der Waals surface area contributed by atoms with E-state index in [9.17, 15) is 4.79 Å². The molecule has 0 bridgehead atoms. The molecule has 2 aromatic heterocycles. The molecule has 0 atom stereocenters. The predicted octanol–water partition coefficient (Wildman–Crippen LogP) is 0.798. The molecule has 3 aromatic rings. The number of nitrogen functional groups attached to an aromatic ring is 1. The first-order chi connectivity index (χ1) is 9.24. The number of hydrogen-bond acceptors (Lipinski definition) is 4. The number of nitrogens with one attached hydrogen (secondary N) is 3. The summed E-state index contributed by atoms with van der Waals surface area (Å²) in [7, 11) is 0. The van der Waals surface area contributed by atoms with E-state index in [1.54, 1.807) is 24.5 Å². The van der Waals surface area contributed by atoms with Gasteiger partial charge >= 0.3 is 0 Å². The highest BCUT2D eigenvalue weighted by Gasteiger charge is 2.08. The second kappa shape index (κ2) is 4.45. The van der Waals surface area contributed by atoms with Crippen LogP contribution in [-0.2, 0) is 6.54 Å². The highest BCUT2D eigenvalue weighted by atomic mass is 16.1. The number of anilines is 1. The zero-order valence-electron chi connectivity index (χ0n) is 9.97. The highest BCUT2D eigenvalue weighted by Crippen LogP contribution is 2.13. The number of fused-ring (bicyclic) bond motifs is 1. The van der Waals surface area contributed by atoms with Gasteiger partial charge in [0.15, 0.2) is 0 Å². The molecule has 19 heavy (non-hydrogen) atoms. The van der Waals surface area contributed by atoms with Gasteiger partial charge in [-0.2, -0.15) is 10.2 Å². The van der Waals surface area contributed by atoms with E-state index < -0.39 is 0 Å². The van der Waals surface area contributed by atoms with Crippen LogP contribution in [0.25, 0.3) is 10.9 Å². The maximum Gasteiger partial charge on any atom is 0.251 e. The van der Waals surface area contributed by atoms with Crippen molar-refractivity contribution >= 4 is 22.6 Å². The quantitative estimate of drug-likeness (QED) is 0.555. The Kier molecular flexibility index (Phi) is 2.64. The summed E-state index contributed by atoms with van der Waals surface area (Å²) in [4.78, 5) is 12.0. The second-order valence-electron chi connectivity index (χ2n) is 4.16. The summed E-state index contributed by atoms with van der Waals surface area (Å²) in [6.07, 6.45) is 3.30. The minimum absolute atomic E-state index is 0.169. The molecule has 7 nitrogen and oxygen atoms in total. The number of H-pyrrole nitrogens is 2. The van der Waals surface area contributed by atoms with Crippen molar-refractivity contribution in [1.29, 1.82) is 0 Å². The Hall–Kier alpha value is -2.83. The Morgan fingerprint density at radius 2 is 2.11 bits per heavy atom. The van der Waals surface area contributed by atoms with Gasteiger partial charge in [-0.3, -0.25) is 15.0 Å². The van der Waals surface area contributed by atoms with Crippen molar-refractivity contribution in [2.45, 2.75) is 6.54 Å². The van der Waals surface area contributed by atoms with Gasteiger partial charge in [-0.05, 0) is 12.1 Å². The molecule has 0 aliphatic carbocycles. The number of aromatic amines is 2. The van der Waals surface area contributed by atoms with Crippen LogP contribution in [0.15, 0.2) is 30.6 Å². The summed E-state index contributed by atoms with van der Waals surface area (Å²) in [6.45, 7) is 0.335. The average molecular weight is 256 g/mol. The largest absolute Gasteiger partial charge is 0.384 e. The topological polar surface area (TPSA) is 112 Å². The van der Waals surface area contributed by atoms with Crippen LogP contribution >= 0.6 is 0 Å². The molecule has 1 aromatic carbocycles. The number of aromatic nitrogens is 4. The smallest absolute Gasteiger partial charge is 0.251 e. The lowest BCUT2D eigenvalue weighted by molar-refractivity contribution is 0.0951. The van der Waals surface area contributed by atoms with Gasteiger partial charge in [-0.1, -0.05) is 6.07 Å². The number of carbonyl (C=O) groups is 1. The standard InChI is InChI=1S/C12H12N6O/c13-11-9(6-16-18-11)4-14-12(19)7-1-2-8-5-15-17-10(8)3-7/h1-3,5-6H,4H2,(H,14,19)(H,15,17)(H3,13,16,18). The first-order valence-electron chi connectivity index (χ1n) is 5.73. The lowest BCUT2D eigenvalue weighted by Gasteiger charge is -2.04. The average Bonchev–Trinajstić information content (AvgIpc) is 3.03. The summed E-state index contributed by atoms with van der Waals surface area (Å²) >= 11 is 0. The predicted molar refractivity (Wildman–Crippen MR) is 70.3 cm³/mol. The van der Waals surface area contributed by atoms with Gasteiger partial charge in [0.1, 0.15) is 5.82 Å². The number of nitrogens with two attached hydrogens (primary N) is 1. The van der Waals surface area contributed by atoms with E-state index in [1.807, 2.05) is 6.07 Å². The van der Waals surface area contributed by atoms with Crippen molar-refractivity contribution in [1.82, 2.24) is 25.7 Å². The van der Waals surface area contributed by atoms with E-state index in [-0.39, 0.29) is 5.91 Å². The van der Waals surface area contributed by atoms with Crippen molar-refractivity contribution in [3.05, 3.63) is 41.7 Å². The molecule has 7 heteroatoms. The maximum atomic E-state index is 12.0. The third-order valence-electron chi connectivity index (χ3n) is 2.89. The van der Waals surface area contributed by atoms with Crippen molar-refractivity contribution in [2.75, 3.05) is 5.73 Å². The van der Waals surface area contributed by atoms with Crippen LogP contribution < -0.4 is 11.1 Å². The molecule has 5 N–H and O–H groups in total. The van der Waals surface area contributed by atoms with Gasteiger partial charge in [0.25, 0.3) is 5.91 Å². The number of hydrogen-bond donors (Lipinski definition) is 4. The van der Waals surface area contributed by atoms with E-state index in [0.717, 1.165) is 16.5 Å². The highest BCUT2D eigenvalue weighted by molar-refractivity contribution is 5.97. The molecule has 1 amide bonds. The SMILES string of the molecule is Nc1[nH]ncc1CNC(=O)c1ccc2cn[nH]c2c1. The van der Waals surface area contributed by atoms with Crippen LogP contribution in [0.1, 0.15) is 15.9 Å². The lowest BCUT2D eigenvalue weighted by Crippen LogP contribution is -2.22. The monoisotopic (exact) mass is 256 g/mol. The lowest BCUT2D eigenvalue weighted by atomic mass is 10.1. The number of carbonyl (C=O) groups excluding carboxylic acids is 1. The molecule has 0 aliphatic rings. The Morgan fingerprint density at radius 3 is 2.89 bits per heavy atom. The molecule has 0 aliphatic heterocycles. The molecule has 0 fully saturated rings. The summed E-state index contributed by atoms with van der Waals surface area (Å²) in [6, 6.07) is 5.36. The van der Waals surface area contributed by atoms with E-state index in [1.165, 1.54) is 0 Å². The Balaban J connectivity index is 1.74. The molecule has 3 rings (SSSR count). The molecular formula is C12H12N6O. The number of amides is 1. The minimum Gasteiger partial charge on any atom is -0.384 e. The van der Waals surface area contributed by atoms with Crippen LogP contribution in [0.5, 0.6) is 0 Å². The molecule has 0 unspecified atom stereocenters. The Bertz CT molecular complexity index is 728. The zero-order chi connectivity index (χ0) is 13.2. The van der Waals surface area contributed by atoms with Crippen LogP contribution in [0.2, 0.25) is 0 Å². The molecule has 0 saturated heterocycles. The van der Waals surface area contributed by atoms with Crippen LogP contribution in [0, 0.1) is 0 Å². The van der Waals surface area contributed by atoms with E-state index in [0.29, 0.717) is 17.9 Å². The Morgan fingerprint density at radius 1 is 1.26 bits per heavy atom. The summed E-state index contributed by atoms with van der Waals surface area (Å²) in [5, 5.41) is 16.9. The van der Waals surface area contributed by atoms with Crippen molar-refractivity contribution in [3.63, 3.8) is 0 Å². The van der Waals surface area contributed by atoms with E-state index >= 15 is 0 Å².